The molecule has 1 aromatic heterocycles. The molecule has 0 unspecified atom stereocenters. The van der Waals surface area contributed by atoms with E-state index in [4.69, 9.17) is 9.26 Å². The molecular formula is C28H28N2O5. The highest BCUT2D eigenvalue weighted by molar-refractivity contribution is 6.51. The maximum absolute atomic E-state index is 13.2. The number of carbonyl (C=O) groups is 2. The van der Waals surface area contributed by atoms with Crippen LogP contribution >= 0.6 is 0 Å². The second kappa shape index (κ2) is 9.25. The number of carbonyl (C=O) groups excluding carboxylic acids is 2. The van der Waals surface area contributed by atoms with Gasteiger partial charge in [-0.25, -0.2) is 0 Å². The Morgan fingerprint density at radius 2 is 1.80 bits per heavy atom. The summed E-state index contributed by atoms with van der Waals surface area (Å²) in [5, 5.41) is 15.2. The summed E-state index contributed by atoms with van der Waals surface area (Å²) in [7, 11) is 0. The topological polar surface area (TPSA) is 92.9 Å². The zero-order chi connectivity index (χ0) is 25.3. The number of hydrogen-bond acceptors (Lipinski definition) is 6. The Kier molecular flexibility index (Phi) is 6.35. The van der Waals surface area contributed by atoms with Crippen molar-refractivity contribution in [3.8, 4) is 5.75 Å². The summed E-state index contributed by atoms with van der Waals surface area (Å²) in [5.74, 6) is -0.545. The molecule has 0 radical (unpaired) electrons. The molecule has 1 N–H and O–H groups in total. The van der Waals surface area contributed by atoms with Gasteiger partial charge in [0.05, 0.1) is 11.6 Å². The highest BCUT2D eigenvalue weighted by Gasteiger charge is 2.48. The Hall–Kier alpha value is -4.13. The smallest absolute Gasteiger partial charge is 0.301 e. The van der Waals surface area contributed by atoms with Gasteiger partial charge in [0.15, 0.2) is 5.82 Å². The summed E-state index contributed by atoms with van der Waals surface area (Å²) >= 11 is 0. The number of nitrogens with zero attached hydrogens (tertiary/aromatic N) is 2. The van der Waals surface area contributed by atoms with Gasteiger partial charge in [-0.05, 0) is 47.7 Å². The van der Waals surface area contributed by atoms with Crippen molar-refractivity contribution in [3.05, 3.63) is 95.3 Å². The highest BCUT2D eigenvalue weighted by Crippen LogP contribution is 2.42. The average Bonchev–Trinajstić information content (AvgIpc) is 3.37. The summed E-state index contributed by atoms with van der Waals surface area (Å²) in [6, 6.07) is 15.0. The minimum Gasteiger partial charge on any atom is -0.507 e. The van der Waals surface area contributed by atoms with Crippen LogP contribution in [0.5, 0.6) is 5.75 Å². The predicted octanol–water partition coefficient (Wildman–Crippen LogP) is 5.47. The number of aliphatic hydroxyl groups is 1. The maximum atomic E-state index is 13.2. The van der Waals surface area contributed by atoms with E-state index in [2.05, 4.69) is 32.5 Å². The van der Waals surface area contributed by atoms with Crippen molar-refractivity contribution in [2.75, 3.05) is 11.5 Å². The van der Waals surface area contributed by atoms with Gasteiger partial charge in [-0.1, -0.05) is 62.8 Å². The van der Waals surface area contributed by atoms with Crippen LogP contribution in [-0.2, 0) is 15.0 Å². The number of rotatable bonds is 6. The Morgan fingerprint density at radius 1 is 1.14 bits per heavy atom. The number of ether oxygens (including phenoxy) is 1. The van der Waals surface area contributed by atoms with Gasteiger partial charge in [0.1, 0.15) is 23.9 Å². The molecule has 7 heteroatoms. The molecule has 3 aromatic rings. The number of Topliss-reactive ketones (excluding diaryl/α,β-unsaturated/α-hetero) is 1. The van der Waals surface area contributed by atoms with Crippen molar-refractivity contribution >= 4 is 23.3 Å². The normalized spacial score (nSPS) is 17.6. The van der Waals surface area contributed by atoms with E-state index >= 15 is 0 Å². The molecule has 1 atom stereocenters. The molecule has 2 heterocycles. The lowest BCUT2D eigenvalue weighted by molar-refractivity contribution is -0.132. The van der Waals surface area contributed by atoms with Crippen molar-refractivity contribution in [1.82, 2.24) is 5.16 Å². The first kappa shape index (κ1) is 24.0. The van der Waals surface area contributed by atoms with Crippen LogP contribution in [0.1, 0.15) is 49.3 Å². The SMILES string of the molecule is C=CCOc1ccc(/C(O)=C2\C(=O)C(=O)N(c3cc(C)on3)[C@H]2c2ccc(C(C)(C)C)cc2)cc1. The molecule has 0 saturated carbocycles. The van der Waals surface area contributed by atoms with Gasteiger partial charge in [-0.3, -0.25) is 14.5 Å². The molecular weight excluding hydrogens is 444 g/mol. The quantitative estimate of drug-likeness (QED) is 0.221. The van der Waals surface area contributed by atoms with Crippen molar-refractivity contribution < 1.29 is 24.0 Å². The first-order chi connectivity index (χ1) is 16.6. The molecule has 1 amide bonds. The van der Waals surface area contributed by atoms with Crippen LogP contribution in [-0.4, -0.2) is 28.6 Å². The van der Waals surface area contributed by atoms with E-state index in [0.29, 0.717) is 29.2 Å². The summed E-state index contributed by atoms with van der Waals surface area (Å²) in [5.41, 5.74) is 2.08. The van der Waals surface area contributed by atoms with E-state index < -0.39 is 17.7 Å². The molecule has 0 bridgehead atoms. The van der Waals surface area contributed by atoms with Crippen LogP contribution < -0.4 is 9.64 Å². The van der Waals surface area contributed by atoms with Crippen molar-refractivity contribution in [2.24, 2.45) is 0 Å². The lowest BCUT2D eigenvalue weighted by atomic mass is 9.85. The lowest BCUT2D eigenvalue weighted by Gasteiger charge is -2.24. The number of amides is 1. The minimum atomic E-state index is -0.870. The zero-order valence-electron chi connectivity index (χ0n) is 20.2. The third-order valence-electron chi connectivity index (χ3n) is 5.89. The fraction of sp³-hybridized carbons (Fsp3) is 0.250. The molecule has 180 valence electrons. The van der Waals surface area contributed by atoms with Crippen molar-refractivity contribution in [1.29, 1.82) is 0 Å². The fourth-order valence-electron chi connectivity index (χ4n) is 4.04. The van der Waals surface area contributed by atoms with Crippen LogP contribution in [0.3, 0.4) is 0 Å². The van der Waals surface area contributed by atoms with Crippen LogP contribution in [0.25, 0.3) is 5.76 Å². The summed E-state index contributed by atoms with van der Waals surface area (Å²) in [4.78, 5) is 27.7. The molecule has 1 aliphatic rings. The molecule has 4 rings (SSSR count). The van der Waals surface area contributed by atoms with E-state index in [1.165, 1.54) is 4.90 Å². The van der Waals surface area contributed by atoms with E-state index in [0.717, 1.165) is 5.56 Å². The van der Waals surface area contributed by atoms with Crippen LogP contribution in [0, 0.1) is 6.92 Å². The Bertz CT molecular complexity index is 1290. The Labute approximate surface area is 204 Å². The van der Waals surface area contributed by atoms with Gasteiger partial charge in [-0.2, -0.15) is 0 Å². The monoisotopic (exact) mass is 472 g/mol. The molecule has 7 nitrogen and oxygen atoms in total. The second-order valence-electron chi connectivity index (χ2n) is 9.46. The van der Waals surface area contributed by atoms with E-state index in [9.17, 15) is 14.7 Å². The minimum absolute atomic E-state index is 0.0149. The van der Waals surface area contributed by atoms with Gasteiger partial charge in [0.25, 0.3) is 5.78 Å². The van der Waals surface area contributed by atoms with Crippen LogP contribution in [0.15, 0.2) is 77.3 Å². The average molecular weight is 473 g/mol. The lowest BCUT2D eigenvalue weighted by Crippen LogP contribution is -2.29. The summed E-state index contributed by atoms with van der Waals surface area (Å²) in [6.07, 6.45) is 1.63. The largest absolute Gasteiger partial charge is 0.507 e. The third-order valence-corrected chi connectivity index (χ3v) is 5.89. The van der Waals surface area contributed by atoms with Gasteiger partial charge < -0.3 is 14.4 Å². The van der Waals surface area contributed by atoms with Gasteiger partial charge in [0, 0.05) is 11.6 Å². The van der Waals surface area contributed by atoms with Gasteiger partial charge in [0.2, 0.25) is 0 Å². The standard InChI is InChI=1S/C28H28N2O5/c1-6-15-34-21-13-9-19(10-14-21)25(31)23-24(18-7-11-20(12-8-18)28(3,4)5)30(27(33)26(23)32)22-16-17(2)35-29-22/h6-14,16,24,31H,1,15H2,2-5H3/b25-23+/t24-/m0/s1. The van der Waals surface area contributed by atoms with E-state index in [1.54, 1.807) is 43.3 Å². The van der Waals surface area contributed by atoms with Gasteiger partial charge >= 0.3 is 5.91 Å². The van der Waals surface area contributed by atoms with Gasteiger partial charge in [-0.15, -0.1) is 0 Å². The molecule has 1 aliphatic heterocycles. The number of aromatic nitrogens is 1. The third kappa shape index (κ3) is 4.62. The Morgan fingerprint density at radius 3 is 2.34 bits per heavy atom. The fourth-order valence-corrected chi connectivity index (χ4v) is 4.04. The first-order valence-electron chi connectivity index (χ1n) is 11.3. The van der Waals surface area contributed by atoms with Crippen molar-refractivity contribution in [2.45, 2.75) is 39.2 Å². The molecule has 35 heavy (non-hydrogen) atoms. The summed E-state index contributed by atoms with van der Waals surface area (Å²) in [6.45, 7) is 12.0. The molecule has 1 fully saturated rings. The zero-order valence-corrected chi connectivity index (χ0v) is 20.2. The number of aliphatic hydroxyl groups excluding tert-OH is 1. The highest BCUT2D eigenvalue weighted by atomic mass is 16.5. The number of hydrogen-bond donors (Lipinski definition) is 1. The first-order valence-corrected chi connectivity index (χ1v) is 11.3. The summed E-state index contributed by atoms with van der Waals surface area (Å²) < 4.78 is 10.7. The van der Waals surface area contributed by atoms with E-state index in [-0.39, 0.29) is 22.6 Å². The second-order valence-corrected chi connectivity index (χ2v) is 9.46. The molecule has 0 spiro atoms. The van der Waals surface area contributed by atoms with Crippen LogP contribution in [0.2, 0.25) is 0 Å². The van der Waals surface area contributed by atoms with E-state index in [1.807, 2.05) is 24.3 Å². The number of anilines is 1. The Balaban J connectivity index is 1.84. The predicted molar refractivity (Wildman–Crippen MR) is 133 cm³/mol. The van der Waals surface area contributed by atoms with Crippen LogP contribution in [0.4, 0.5) is 5.82 Å². The number of benzene rings is 2. The maximum Gasteiger partial charge on any atom is 0.301 e. The number of aryl methyl sites for hydroxylation is 1. The molecule has 2 aromatic carbocycles. The molecule has 1 saturated heterocycles. The molecule has 0 aliphatic carbocycles. The van der Waals surface area contributed by atoms with Crippen molar-refractivity contribution in [3.63, 3.8) is 0 Å². The number of ketones is 1.